The van der Waals surface area contributed by atoms with Crippen molar-refractivity contribution in [3.8, 4) is 11.5 Å². The summed E-state index contributed by atoms with van der Waals surface area (Å²) in [6, 6.07) is 3.33. The van der Waals surface area contributed by atoms with E-state index in [1.54, 1.807) is 19.2 Å². The Balaban J connectivity index is 2.45. The van der Waals surface area contributed by atoms with E-state index in [2.05, 4.69) is 0 Å². The number of benzene rings is 1. The van der Waals surface area contributed by atoms with Gasteiger partial charge in [-0.2, -0.15) is 0 Å². The van der Waals surface area contributed by atoms with Gasteiger partial charge in [0.15, 0.2) is 12.4 Å². The highest BCUT2D eigenvalue weighted by molar-refractivity contribution is 6.03. The Morgan fingerprint density at radius 1 is 1.38 bits per heavy atom. The largest absolute Gasteiger partial charge is 0.496 e. The van der Waals surface area contributed by atoms with Gasteiger partial charge in [-0.25, -0.2) is 4.79 Å². The smallest absolute Gasteiger partial charge is 0.341 e. The molecule has 0 amide bonds. The van der Waals surface area contributed by atoms with Crippen LogP contribution in [0.5, 0.6) is 11.5 Å². The summed E-state index contributed by atoms with van der Waals surface area (Å²) in [7, 11) is 1.56. The molecule has 1 atom stereocenters. The maximum absolute atomic E-state index is 12.7. The number of carbonyl (C=O) groups excluding carboxylic acids is 1. The van der Waals surface area contributed by atoms with E-state index in [0.29, 0.717) is 17.1 Å². The lowest BCUT2D eigenvalue weighted by Crippen LogP contribution is -2.28. The second-order valence-electron chi connectivity index (χ2n) is 5.56. The van der Waals surface area contributed by atoms with Crippen molar-refractivity contribution in [1.29, 1.82) is 0 Å². The molecule has 0 radical (unpaired) electrons. The van der Waals surface area contributed by atoms with Gasteiger partial charge in [-0.15, -0.1) is 0 Å². The summed E-state index contributed by atoms with van der Waals surface area (Å²) < 4.78 is 10.6. The molecular formula is C16H20O5. The minimum Gasteiger partial charge on any atom is -0.496 e. The number of carbonyl (C=O) groups is 2. The molecule has 2 rings (SSSR count). The molecule has 0 unspecified atom stereocenters. The third-order valence-corrected chi connectivity index (χ3v) is 3.90. The van der Waals surface area contributed by atoms with Gasteiger partial charge in [-0.1, -0.05) is 13.8 Å². The predicted molar refractivity (Wildman–Crippen MR) is 77.1 cm³/mol. The third-order valence-electron chi connectivity index (χ3n) is 3.90. The van der Waals surface area contributed by atoms with Gasteiger partial charge in [0, 0.05) is 11.5 Å². The second kappa shape index (κ2) is 6.16. The number of rotatable bonds is 5. The average Bonchev–Trinajstić information content (AvgIpc) is 2.44. The van der Waals surface area contributed by atoms with E-state index in [0.717, 1.165) is 18.4 Å². The molecule has 1 N–H and O–H groups in total. The van der Waals surface area contributed by atoms with Gasteiger partial charge < -0.3 is 14.6 Å². The molecule has 0 bridgehead atoms. The molecule has 0 heterocycles. The first kappa shape index (κ1) is 15.4. The lowest BCUT2D eigenvalue weighted by Gasteiger charge is -2.28. The number of hydrogen-bond donors (Lipinski definition) is 1. The number of carboxylic acids is 1. The van der Waals surface area contributed by atoms with E-state index in [-0.39, 0.29) is 17.6 Å². The van der Waals surface area contributed by atoms with Crippen LogP contribution in [0.2, 0.25) is 0 Å². The molecule has 0 aromatic heterocycles. The van der Waals surface area contributed by atoms with Crippen LogP contribution in [-0.2, 0) is 11.2 Å². The van der Waals surface area contributed by atoms with E-state index in [9.17, 15) is 9.59 Å². The van der Waals surface area contributed by atoms with Crippen molar-refractivity contribution in [3.63, 3.8) is 0 Å². The molecule has 1 aliphatic carbocycles. The zero-order chi connectivity index (χ0) is 15.6. The maximum Gasteiger partial charge on any atom is 0.341 e. The van der Waals surface area contributed by atoms with Crippen LogP contribution in [-0.4, -0.2) is 30.6 Å². The van der Waals surface area contributed by atoms with Crippen molar-refractivity contribution in [2.75, 3.05) is 13.7 Å². The maximum atomic E-state index is 12.7. The van der Waals surface area contributed by atoms with Crippen molar-refractivity contribution < 1.29 is 24.2 Å². The normalized spacial score (nSPS) is 17.5. The Morgan fingerprint density at radius 2 is 2.05 bits per heavy atom. The number of hydrogen-bond acceptors (Lipinski definition) is 4. The lowest BCUT2D eigenvalue weighted by atomic mass is 9.76. The Bertz CT molecular complexity index is 562. The third kappa shape index (κ3) is 3.01. The summed E-state index contributed by atoms with van der Waals surface area (Å²) in [5.74, 6) is 0.126. The number of ketones is 1. The van der Waals surface area contributed by atoms with Crippen LogP contribution in [0, 0.1) is 11.8 Å². The van der Waals surface area contributed by atoms with Gasteiger partial charge in [0.2, 0.25) is 0 Å². The molecule has 0 saturated heterocycles. The Labute approximate surface area is 123 Å². The van der Waals surface area contributed by atoms with Gasteiger partial charge >= 0.3 is 5.97 Å². The molecule has 21 heavy (non-hydrogen) atoms. The molecular weight excluding hydrogens is 272 g/mol. The first-order chi connectivity index (χ1) is 9.95. The van der Waals surface area contributed by atoms with Crippen molar-refractivity contribution in [1.82, 2.24) is 0 Å². The van der Waals surface area contributed by atoms with Crippen LogP contribution >= 0.6 is 0 Å². The van der Waals surface area contributed by atoms with Crippen molar-refractivity contribution in [2.45, 2.75) is 26.7 Å². The summed E-state index contributed by atoms with van der Waals surface area (Å²) >= 11 is 0. The first-order valence-electron chi connectivity index (χ1n) is 7.04. The number of Topliss-reactive ketones (excluding diaryl/α,β-unsaturated/α-hetero) is 1. The molecule has 114 valence electrons. The minimum absolute atomic E-state index is 0.0190. The van der Waals surface area contributed by atoms with E-state index in [1.807, 2.05) is 13.8 Å². The minimum atomic E-state index is -1.07. The number of fused-ring (bicyclic) bond motifs is 1. The van der Waals surface area contributed by atoms with Gasteiger partial charge in [-0.05, 0) is 30.9 Å². The Kier molecular flexibility index (Phi) is 4.50. The average molecular weight is 292 g/mol. The molecule has 1 aromatic carbocycles. The molecule has 0 spiro atoms. The summed E-state index contributed by atoms with van der Waals surface area (Å²) in [6.07, 6.45) is 1.51. The topological polar surface area (TPSA) is 72.8 Å². The van der Waals surface area contributed by atoms with Gasteiger partial charge in [0.25, 0.3) is 0 Å². The Hall–Kier alpha value is -2.04. The summed E-state index contributed by atoms with van der Waals surface area (Å²) in [5, 5.41) is 8.75. The molecule has 0 fully saturated rings. The van der Waals surface area contributed by atoms with Gasteiger partial charge in [0.1, 0.15) is 11.5 Å². The number of methoxy groups -OCH3 is 1. The first-order valence-corrected chi connectivity index (χ1v) is 7.04. The fourth-order valence-corrected chi connectivity index (χ4v) is 2.83. The SMILES string of the molecule is COc1ccc(OCC(=O)O)c2c1CC[C@@H](C(C)C)C2=O. The van der Waals surface area contributed by atoms with Crippen LogP contribution < -0.4 is 9.47 Å². The molecule has 1 aliphatic rings. The number of aliphatic carboxylic acids is 1. The zero-order valence-corrected chi connectivity index (χ0v) is 12.5. The zero-order valence-electron chi connectivity index (χ0n) is 12.5. The highest BCUT2D eigenvalue weighted by Gasteiger charge is 2.34. The molecule has 0 aliphatic heterocycles. The van der Waals surface area contributed by atoms with Crippen LogP contribution in [0.15, 0.2) is 12.1 Å². The Morgan fingerprint density at radius 3 is 2.62 bits per heavy atom. The molecule has 5 nitrogen and oxygen atoms in total. The van der Waals surface area contributed by atoms with Crippen LogP contribution in [0.1, 0.15) is 36.2 Å². The van der Waals surface area contributed by atoms with Crippen LogP contribution in [0.25, 0.3) is 0 Å². The van der Waals surface area contributed by atoms with E-state index in [1.165, 1.54) is 0 Å². The highest BCUT2D eigenvalue weighted by Crippen LogP contribution is 2.39. The van der Waals surface area contributed by atoms with Crippen molar-refractivity contribution >= 4 is 11.8 Å². The standard InChI is InChI=1S/C16H20O5/c1-9(2)10-4-5-11-12(20-3)6-7-13(15(11)16(10)19)21-8-14(17)18/h6-7,9-10H,4-5,8H2,1-3H3,(H,17,18)/t10-/m0/s1. The fraction of sp³-hybridized carbons (Fsp3) is 0.500. The fourth-order valence-electron chi connectivity index (χ4n) is 2.83. The second-order valence-corrected chi connectivity index (χ2v) is 5.56. The number of ether oxygens (including phenoxy) is 2. The van der Waals surface area contributed by atoms with Gasteiger partial charge in [0.05, 0.1) is 12.7 Å². The van der Waals surface area contributed by atoms with Gasteiger partial charge in [-0.3, -0.25) is 4.79 Å². The summed E-state index contributed by atoms with van der Waals surface area (Å²) in [5.41, 5.74) is 1.31. The summed E-state index contributed by atoms with van der Waals surface area (Å²) in [4.78, 5) is 23.4. The van der Waals surface area contributed by atoms with Crippen LogP contribution in [0.4, 0.5) is 0 Å². The highest BCUT2D eigenvalue weighted by atomic mass is 16.5. The number of carboxylic acid groups (broad SMARTS) is 1. The van der Waals surface area contributed by atoms with E-state index >= 15 is 0 Å². The predicted octanol–water partition coefficient (Wildman–Crippen LogP) is 2.56. The van der Waals surface area contributed by atoms with E-state index < -0.39 is 12.6 Å². The monoisotopic (exact) mass is 292 g/mol. The summed E-state index contributed by atoms with van der Waals surface area (Å²) in [6.45, 7) is 3.58. The van der Waals surface area contributed by atoms with E-state index in [4.69, 9.17) is 14.6 Å². The molecule has 5 heteroatoms. The van der Waals surface area contributed by atoms with Crippen molar-refractivity contribution in [3.05, 3.63) is 23.3 Å². The molecule has 1 aromatic rings. The quantitative estimate of drug-likeness (QED) is 0.903. The van der Waals surface area contributed by atoms with Crippen molar-refractivity contribution in [2.24, 2.45) is 11.8 Å². The lowest BCUT2D eigenvalue weighted by molar-refractivity contribution is -0.139. The van der Waals surface area contributed by atoms with Crippen LogP contribution in [0.3, 0.4) is 0 Å². The molecule has 0 saturated carbocycles.